The second kappa shape index (κ2) is 6.46. The molecule has 2 nitrogen and oxygen atoms in total. The average molecular weight is 215 g/mol. The monoisotopic (exact) mass is 215 g/mol. The molecule has 0 saturated heterocycles. The first-order chi connectivity index (χ1) is 6.68. The Morgan fingerprint density at radius 2 is 2.07 bits per heavy atom. The molecule has 0 aliphatic heterocycles. The van der Waals surface area contributed by atoms with Gasteiger partial charge in [0, 0.05) is 5.92 Å². The SMILES string of the molecule is CC(C)C[S+]([O-])/N=C/CC1CCCC1. The molecular formula is C11H21NOS. The predicted molar refractivity (Wildman–Crippen MR) is 62.9 cm³/mol. The highest BCUT2D eigenvalue weighted by Crippen LogP contribution is 2.26. The van der Waals surface area contributed by atoms with Crippen LogP contribution in [0.15, 0.2) is 4.40 Å². The van der Waals surface area contributed by atoms with Gasteiger partial charge in [-0.05, 0) is 12.3 Å². The van der Waals surface area contributed by atoms with E-state index < -0.39 is 11.4 Å². The van der Waals surface area contributed by atoms with Crippen LogP contribution >= 0.6 is 0 Å². The lowest BCUT2D eigenvalue weighted by Crippen LogP contribution is -2.09. The van der Waals surface area contributed by atoms with Gasteiger partial charge in [-0.25, -0.2) is 0 Å². The Labute approximate surface area is 90.5 Å². The topological polar surface area (TPSA) is 35.4 Å². The third-order valence-electron chi connectivity index (χ3n) is 2.58. The molecular weight excluding hydrogens is 194 g/mol. The molecule has 0 aromatic rings. The van der Waals surface area contributed by atoms with Crippen molar-refractivity contribution in [2.75, 3.05) is 5.75 Å². The smallest absolute Gasteiger partial charge is 0.135 e. The van der Waals surface area contributed by atoms with Gasteiger partial charge in [0.15, 0.2) is 0 Å². The second-order valence-corrected chi connectivity index (χ2v) is 5.74. The van der Waals surface area contributed by atoms with Crippen molar-refractivity contribution in [1.82, 2.24) is 0 Å². The molecule has 0 N–H and O–H groups in total. The maximum absolute atomic E-state index is 11.3. The molecule has 0 aromatic carbocycles. The minimum absolute atomic E-state index is 0.472. The molecule has 1 atom stereocenters. The van der Waals surface area contributed by atoms with E-state index in [0.717, 1.165) is 12.3 Å². The summed E-state index contributed by atoms with van der Waals surface area (Å²) in [5.74, 6) is 1.98. The van der Waals surface area contributed by atoms with Gasteiger partial charge >= 0.3 is 0 Å². The third kappa shape index (κ3) is 5.01. The van der Waals surface area contributed by atoms with Crippen molar-refractivity contribution < 1.29 is 4.55 Å². The van der Waals surface area contributed by atoms with Gasteiger partial charge in [-0.3, -0.25) is 0 Å². The van der Waals surface area contributed by atoms with Crippen LogP contribution in [-0.2, 0) is 11.4 Å². The Morgan fingerprint density at radius 1 is 1.43 bits per heavy atom. The Kier molecular flexibility index (Phi) is 5.56. The summed E-state index contributed by atoms with van der Waals surface area (Å²) in [5, 5.41) is 0. The predicted octanol–water partition coefficient (Wildman–Crippen LogP) is 2.96. The highest BCUT2D eigenvalue weighted by atomic mass is 32.2. The van der Waals surface area contributed by atoms with Crippen molar-refractivity contribution in [3.63, 3.8) is 0 Å². The summed E-state index contributed by atoms with van der Waals surface area (Å²) >= 11 is -0.981. The van der Waals surface area contributed by atoms with Crippen LogP contribution in [0, 0.1) is 11.8 Å². The molecule has 0 heterocycles. The Morgan fingerprint density at radius 3 is 2.64 bits per heavy atom. The zero-order chi connectivity index (χ0) is 10.4. The number of hydrogen-bond donors (Lipinski definition) is 0. The zero-order valence-electron chi connectivity index (χ0n) is 9.24. The van der Waals surface area contributed by atoms with E-state index in [0.29, 0.717) is 11.7 Å². The van der Waals surface area contributed by atoms with Gasteiger partial charge in [0.05, 0.1) is 17.6 Å². The third-order valence-corrected chi connectivity index (χ3v) is 3.92. The fourth-order valence-electron chi connectivity index (χ4n) is 1.85. The van der Waals surface area contributed by atoms with E-state index in [4.69, 9.17) is 0 Å². The van der Waals surface area contributed by atoms with Crippen LogP contribution in [0.2, 0.25) is 0 Å². The molecule has 3 heteroatoms. The molecule has 1 aliphatic rings. The largest absolute Gasteiger partial charge is 0.591 e. The van der Waals surface area contributed by atoms with Crippen molar-refractivity contribution >= 4 is 17.6 Å². The van der Waals surface area contributed by atoms with Crippen LogP contribution in [0.25, 0.3) is 0 Å². The molecule has 1 fully saturated rings. The van der Waals surface area contributed by atoms with E-state index in [1.165, 1.54) is 25.7 Å². The maximum Gasteiger partial charge on any atom is 0.135 e. The van der Waals surface area contributed by atoms with Crippen molar-refractivity contribution in [3.8, 4) is 0 Å². The summed E-state index contributed by atoms with van der Waals surface area (Å²) in [6.07, 6.45) is 8.32. The van der Waals surface area contributed by atoms with Crippen LogP contribution in [0.5, 0.6) is 0 Å². The summed E-state index contributed by atoms with van der Waals surface area (Å²) in [4.78, 5) is 0. The summed E-state index contributed by atoms with van der Waals surface area (Å²) in [7, 11) is 0. The number of nitrogens with zero attached hydrogens (tertiary/aromatic N) is 1. The van der Waals surface area contributed by atoms with Gasteiger partial charge in [-0.15, -0.1) is 0 Å². The number of hydrogen-bond acceptors (Lipinski definition) is 2. The number of rotatable bonds is 5. The van der Waals surface area contributed by atoms with E-state index in [9.17, 15) is 4.55 Å². The fourth-order valence-corrected chi connectivity index (χ4v) is 2.76. The molecule has 0 amide bonds. The molecule has 0 bridgehead atoms. The lowest BCUT2D eigenvalue weighted by atomic mass is 10.1. The Balaban J connectivity index is 2.12. The van der Waals surface area contributed by atoms with Crippen LogP contribution in [-0.4, -0.2) is 16.5 Å². The molecule has 1 rings (SSSR count). The molecule has 0 aromatic heterocycles. The highest BCUT2D eigenvalue weighted by Gasteiger charge is 2.14. The first-order valence-corrected chi connectivity index (χ1v) is 6.87. The minimum Gasteiger partial charge on any atom is -0.591 e. The van der Waals surface area contributed by atoms with Crippen LogP contribution in [0.4, 0.5) is 0 Å². The van der Waals surface area contributed by atoms with Crippen LogP contribution in [0.3, 0.4) is 0 Å². The van der Waals surface area contributed by atoms with Crippen molar-refractivity contribution in [2.45, 2.75) is 46.0 Å². The lowest BCUT2D eigenvalue weighted by Gasteiger charge is -2.06. The Hall–Kier alpha value is -0.0200. The molecule has 14 heavy (non-hydrogen) atoms. The maximum atomic E-state index is 11.3. The van der Waals surface area contributed by atoms with Gasteiger partial charge in [-0.1, -0.05) is 43.9 Å². The van der Waals surface area contributed by atoms with E-state index in [1.54, 1.807) is 0 Å². The lowest BCUT2D eigenvalue weighted by molar-refractivity contribution is 0.574. The molecule has 1 aliphatic carbocycles. The van der Waals surface area contributed by atoms with Gasteiger partial charge in [0.2, 0.25) is 0 Å². The normalized spacial score (nSPS) is 21.1. The summed E-state index contributed by atoms with van der Waals surface area (Å²) in [6.45, 7) is 4.15. The van der Waals surface area contributed by atoms with Crippen molar-refractivity contribution in [2.24, 2.45) is 16.2 Å². The van der Waals surface area contributed by atoms with Gasteiger partial charge < -0.3 is 4.55 Å². The van der Waals surface area contributed by atoms with Gasteiger partial charge in [-0.2, -0.15) is 0 Å². The average Bonchev–Trinajstić information content (AvgIpc) is 2.55. The van der Waals surface area contributed by atoms with E-state index in [-0.39, 0.29) is 0 Å². The van der Waals surface area contributed by atoms with Crippen molar-refractivity contribution in [1.29, 1.82) is 0 Å². The molecule has 1 unspecified atom stereocenters. The molecule has 1 saturated carbocycles. The van der Waals surface area contributed by atoms with E-state index in [1.807, 2.05) is 6.21 Å². The van der Waals surface area contributed by atoms with Gasteiger partial charge in [0.25, 0.3) is 0 Å². The van der Waals surface area contributed by atoms with E-state index in [2.05, 4.69) is 18.2 Å². The first kappa shape index (κ1) is 12.1. The first-order valence-electron chi connectivity index (χ1n) is 5.59. The van der Waals surface area contributed by atoms with Crippen molar-refractivity contribution in [3.05, 3.63) is 0 Å². The summed E-state index contributed by atoms with van der Waals surface area (Å²) < 4.78 is 15.4. The fraction of sp³-hybridized carbons (Fsp3) is 0.909. The molecule has 82 valence electrons. The summed E-state index contributed by atoms with van der Waals surface area (Å²) in [5.41, 5.74) is 0. The minimum atomic E-state index is -0.981. The Bertz CT molecular complexity index is 176. The standard InChI is InChI=1S/C11H21NOS/c1-10(2)9-14(13)12-8-7-11-5-3-4-6-11/h8,10-11H,3-7,9H2,1-2H3/b12-8+. The quantitative estimate of drug-likeness (QED) is 0.513. The second-order valence-electron chi connectivity index (χ2n) is 4.56. The molecule has 0 radical (unpaired) electrons. The summed E-state index contributed by atoms with van der Waals surface area (Å²) in [6, 6.07) is 0. The van der Waals surface area contributed by atoms with Crippen LogP contribution < -0.4 is 0 Å². The highest BCUT2D eigenvalue weighted by molar-refractivity contribution is 7.90. The van der Waals surface area contributed by atoms with Gasteiger partial charge in [0.1, 0.15) is 5.75 Å². The zero-order valence-corrected chi connectivity index (χ0v) is 10.1. The molecule has 0 spiro atoms. The van der Waals surface area contributed by atoms with E-state index >= 15 is 0 Å². The van der Waals surface area contributed by atoms with Crippen LogP contribution in [0.1, 0.15) is 46.0 Å².